The molecule has 1 atom stereocenters. The van der Waals surface area contributed by atoms with Crippen LogP contribution in [0.3, 0.4) is 0 Å². The van der Waals surface area contributed by atoms with E-state index in [4.69, 9.17) is 17.3 Å². The van der Waals surface area contributed by atoms with E-state index in [9.17, 15) is 9.59 Å². The predicted octanol–water partition coefficient (Wildman–Crippen LogP) is 1.05. The third-order valence-electron chi connectivity index (χ3n) is 2.44. The molecular weight excluding hydrogens is 260 g/mol. The van der Waals surface area contributed by atoms with Crippen molar-refractivity contribution in [2.45, 2.75) is 18.1 Å². The van der Waals surface area contributed by atoms with Crippen molar-refractivity contribution in [3.8, 4) is 0 Å². The second-order valence-corrected chi connectivity index (χ2v) is 5.01. The van der Waals surface area contributed by atoms with Crippen molar-refractivity contribution in [1.29, 1.82) is 0 Å². The van der Waals surface area contributed by atoms with Gasteiger partial charge in [-0.3, -0.25) is 14.5 Å². The van der Waals surface area contributed by atoms with Gasteiger partial charge in [0, 0.05) is 13.0 Å². The smallest absolute Gasteiger partial charge is 0.303 e. The minimum Gasteiger partial charge on any atom is -0.481 e. The van der Waals surface area contributed by atoms with Crippen LogP contribution in [0.4, 0.5) is 0 Å². The minimum absolute atomic E-state index is 0.0268. The number of allylic oxidation sites excluding steroid dienone is 1. The summed E-state index contributed by atoms with van der Waals surface area (Å²) in [5.74, 6) is -0.970. The van der Waals surface area contributed by atoms with Crippen LogP contribution in [-0.2, 0) is 9.59 Å². The number of nitrogens with zero attached hydrogens (tertiary/aromatic N) is 2. The van der Waals surface area contributed by atoms with E-state index in [1.54, 1.807) is 6.08 Å². The zero-order valence-corrected chi connectivity index (χ0v) is 10.5. The molecule has 0 bridgehead atoms. The molecule has 17 heavy (non-hydrogen) atoms. The number of aliphatic imine (C=N–C) groups is 1. The second-order valence-electron chi connectivity index (χ2n) is 3.63. The number of aliphatic carboxylic acids is 1. The van der Waals surface area contributed by atoms with Gasteiger partial charge in [-0.05, 0) is 30.1 Å². The number of fused-ring (bicyclic) bond motifs is 1. The molecule has 1 unspecified atom stereocenters. The number of carboxylic acids is 1. The van der Waals surface area contributed by atoms with Gasteiger partial charge in [0.2, 0.25) is 11.0 Å². The van der Waals surface area contributed by atoms with Gasteiger partial charge >= 0.3 is 5.97 Å². The number of carbonyl (C=O) groups excluding carboxylic acids is 1. The van der Waals surface area contributed by atoms with E-state index in [-0.39, 0.29) is 22.7 Å². The molecule has 0 fully saturated rings. The maximum absolute atomic E-state index is 12.0. The van der Waals surface area contributed by atoms with Crippen LogP contribution in [0.1, 0.15) is 12.8 Å². The lowest BCUT2D eigenvalue weighted by Gasteiger charge is -2.27. The van der Waals surface area contributed by atoms with Crippen LogP contribution in [0.15, 0.2) is 16.5 Å². The molecule has 5 nitrogen and oxygen atoms in total. The molecule has 0 saturated heterocycles. The van der Waals surface area contributed by atoms with Crippen LogP contribution in [0.2, 0.25) is 0 Å². The minimum atomic E-state index is -0.874. The van der Waals surface area contributed by atoms with Crippen molar-refractivity contribution in [1.82, 2.24) is 4.90 Å². The lowest BCUT2D eigenvalue weighted by Crippen LogP contribution is -2.47. The molecule has 7 heteroatoms. The average Bonchev–Trinajstić information content (AvgIpc) is 2.70. The maximum Gasteiger partial charge on any atom is 0.303 e. The van der Waals surface area contributed by atoms with Crippen molar-refractivity contribution in [2.24, 2.45) is 4.99 Å². The summed E-state index contributed by atoms with van der Waals surface area (Å²) in [6, 6.07) is 0. The molecular formula is C10H10N2O3S2. The monoisotopic (exact) mass is 270 g/mol. The summed E-state index contributed by atoms with van der Waals surface area (Å²) in [6.07, 6.45) is 2.20. The Morgan fingerprint density at radius 3 is 3.12 bits per heavy atom. The molecule has 0 aromatic rings. The van der Waals surface area contributed by atoms with Gasteiger partial charge in [-0.25, -0.2) is 4.99 Å². The summed E-state index contributed by atoms with van der Waals surface area (Å²) in [7, 11) is 0. The maximum atomic E-state index is 12.0. The van der Waals surface area contributed by atoms with Gasteiger partial charge in [-0.1, -0.05) is 0 Å². The van der Waals surface area contributed by atoms with Gasteiger partial charge in [0.1, 0.15) is 5.25 Å². The summed E-state index contributed by atoms with van der Waals surface area (Å²) >= 11 is 6.44. The number of amides is 1. The largest absolute Gasteiger partial charge is 0.481 e. The first-order valence-electron chi connectivity index (χ1n) is 5.07. The third kappa shape index (κ3) is 2.55. The van der Waals surface area contributed by atoms with E-state index in [0.29, 0.717) is 18.7 Å². The van der Waals surface area contributed by atoms with Crippen molar-refractivity contribution >= 4 is 46.7 Å². The molecule has 90 valence electrons. The zero-order chi connectivity index (χ0) is 12.4. The molecule has 0 saturated carbocycles. The second kappa shape index (κ2) is 4.97. The van der Waals surface area contributed by atoms with Gasteiger partial charge in [0.05, 0.1) is 5.71 Å². The Morgan fingerprint density at radius 1 is 1.65 bits per heavy atom. The molecule has 0 aliphatic carbocycles. The Labute approximate surface area is 108 Å². The van der Waals surface area contributed by atoms with Crippen molar-refractivity contribution in [3.63, 3.8) is 0 Å². The highest BCUT2D eigenvalue weighted by Crippen LogP contribution is 2.27. The summed E-state index contributed by atoms with van der Waals surface area (Å²) in [4.78, 5) is 28.0. The normalized spacial score (nSPS) is 22.7. The van der Waals surface area contributed by atoms with E-state index in [1.165, 1.54) is 16.7 Å². The Bertz CT molecular complexity index is 445. The fourth-order valence-electron chi connectivity index (χ4n) is 1.63. The summed E-state index contributed by atoms with van der Waals surface area (Å²) in [5.41, 5.74) is 0.694. The first kappa shape index (κ1) is 12.3. The van der Waals surface area contributed by atoms with Gasteiger partial charge in [-0.2, -0.15) is 0 Å². The number of thioether (sulfide) groups is 1. The number of hydrogen-bond acceptors (Lipinski definition) is 4. The molecule has 2 aliphatic heterocycles. The highest BCUT2D eigenvalue weighted by atomic mass is 32.2. The molecule has 1 amide bonds. The van der Waals surface area contributed by atoms with Crippen LogP contribution in [0.25, 0.3) is 0 Å². The van der Waals surface area contributed by atoms with Crippen LogP contribution in [-0.4, -0.2) is 44.5 Å². The fourth-order valence-corrected chi connectivity index (χ4v) is 2.80. The summed E-state index contributed by atoms with van der Waals surface area (Å²) < 4.78 is 0. The number of carboxylic acid groups (broad SMARTS) is 1. The van der Waals surface area contributed by atoms with Gasteiger partial charge in [-0.15, -0.1) is 11.8 Å². The van der Waals surface area contributed by atoms with E-state index >= 15 is 0 Å². The number of thiocarbonyl (C=S) groups is 1. The van der Waals surface area contributed by atoms with E-state index in [0.717, 1.165) is 0 Å². The average molecular weight is 270 g/mol. The summed E-state index contributed by atoms with van der Waals surface area (Å²) in [5, 5.41) is 10.3. The predicted molar refractivity (Wildman–Crippen MR) is 69.1 cm³/mol. The Morgan fingerprint density at radius 2 is 2.41 bits per heavy atom. The Balaban J connectivity index is 2.02. The first-order valence-corrected chi connectivity index (χ1v) is 6.42. The number of carbonyl (C=O) groups is 2. The fraction of sp³-hybridized carbons (Fsp3) is 0.400. The van der Waals surface area contributed by atoms with Crippen molar-refractivity contribution < 1.29 is 14.7 Å². The summed E-state index contributed by atoms with van der Waals surface area (Å²) in [6.45, 7) is 0.317. The molecule has 2 aliphatic rings. The SMILES string of the molecule is O=C(O)CCCN1C(=O)C2SC=CC2=NC1=S. The number of hydrogen-bond donors (Lipinski definition) is 1. The molecule has 2 heterocycles. The number of rotatable bonds is 4. The molecule has 0 radical (unpaired) electrons. The van der Waals surface area contributed by atoms with Crippen LogP contribution in [0, 0.1) is 0 Å². The first-order chi connectivity index (χ1) is 8.09. The highest BCUT2D eigenvalue weighted by Gasteiger charge is 2.36. The quantitative estimate of drug-likeness (QED) is 0.773. The molecule has 0 aromatic heterocycles. The molecule has 2 rings (SSSR count). The van der Waals surface area contributed by atoms with Crippen molar-refractivity contribution in [2.75, 3.05) is 6.54 Å². The van der Waals surface area contributed by atoms with Gasteiger partial charge in [0.15, 0.2) is 0 Å². The van der Waals surface area contributed by atoms with Gasteiger partial charge < -0.3 is 5.11 Å². The topological polar surface area (TPSA) is 70.0 Å². The zero-order valence-electron chi connectivity index (χ0n) is 8.83. The van der Waals surface area contributed by atoms with Gasteiger partial charge in [0.25, 0.3) is 0 Å². The molecule has 1 N–H and O–H groups in total. The van der Waals surface area contributed by atoms with E-state index in [2.05, 4.69) is 4.99 Å². The molecule has 0 spiro atoms. The van der Waals surface area contributed by atoms with Crippen LogP contribution >= 0.6 is 24.0 Å². The van der Waals surface area contributed by atoms with E-state index in [1.807, 2.05) is 5.41 Å². The van der Waals surface area contributed by atoms with Crippen molar-refractivity contribution in [3.05, 3.63) is 11.5 Å². The Hall–Kier alpha value is -1.21. The highest BCUT2D eigenvalue weighted by molar-refractivity contribution is 8.04. The lowest BCUT2D eigenvalue weighted by atomic mass is 10.2. The van der Waals surface area contributed by atoms with Crippen LogP contribution < -0.4 is 0 Å². The lowest BCUT2D eigenvalue weighted by molar-refractivity contribution is -0.137. The van der Waals surface area contributed by atoms with E-state index < -0.39 is 5.97 Å². The Kier molecular flexibility index (Phi) is 3.58. The third-order valence-corrected chi connectivity index (χ3v) is 3.76. The van der Waals surface area contributed by atoms with Crippen LogP contribution in [0.5, 0.6) is 0 Å². The molecule has 0 aromatic carbocycles. The standard InChI is InChI=1S/C10H10N2O3S2/c13-7(14)2-1-4-12-9(15)8-6(3-5-17-8)11-10(12)16/h3,5,8H,1-2,4H2,(H,13,14).